The van der Waals surface area contributed by atoms with Gasteiger partial charge in [-0.2, -0.15) is 0 Å². The van der Waals surface area contributed by atoms with Crippen LogP contribution >= 0.6 is 0 Å². The fraction of sp³-hybridized carbons (Fsp3) is 0.667. The molecule has 0 aromatic heterocycles. The van der Waals surface area contributed by atoms with Crippen molar-refractivity contribution in [3.63, 3.8) is 0 Å². The van der Waals surface area contributed by atoms with Gasteiger partial charge in [0, 0.05) is 18.0 Å². The molecule has 0 unspecified atom stereocenters. The van der Waals surface area contributed by atoms with Crippen molar-refractivity contribution in [3.05, 3.63) is 29.3 Å². The van der Waals surface area contributed by atoms with E-state index in [4.69, 9.17) is 4.74 Å². The second kappa shape index (κ2) is 6.64. The van der Waals surface area contributed by atoms with Gasteiger partial charge in [0.2, 0.25) is 0 Å². The summed E-state index contributed by atoms with van der Waals surface area (Å²) in [6, 6.07) is 6.52. The Labute approximate surface area is 150 Å². The second-order valence-corrected chi connectivity index (χ2v) is 7.96. The van der Waals surface area contributed by atoms with E-state index in [9.17, 15) is 9.90 Å². The molecular formula is C21H29NO3. The summed E-state index contributed by atoms with van der Waals surface area (Å²) in [5.74, 6) is 0.983. The number of fused-ring (bicyclic) bond motifs is 1. The number of nitrogens with zero attached hydrogens (tertiary/aromatic N) is 1. The molecule has 4 heteroatoms. The van der Waals surface area contributed by atoms with E-state index >= 15 is 0 Å². The molecule has 1 heterocycles. The molecule has 136 valence electrons. The highest BCUT2D eigenvalue weighted by Gasteiger charge is 2.53. The number of benzene rings is 1. The molecule has 3 aliphatic rings. The Bertz CT molecular complexity index is 659. The maximum atomic E-state index is 11.8. The largest absolute Gasteiger partial charge is 0.508 e. The number of rotatable bonds is 4. The Morgan fingerprint density at radius 3 is 3.08 bits per heavy atom. The van der Waals surface area contributed by atoms with E-state index < -0.39 is 0 Å². The van der Waals surface area contributed by atoms with Gasteiger partial charge in [0.15, 0.2) is 0 Å². The maximum absolute atomic E-state index is 11.8. The van der Waals surface area contributed by atoms with E-state index in [1.165, 1.54) is 36.8 Å². The molecule has 3 atom stereocenters. The fourth-order valence-corrected chi connectivity index (χ4v) is 5.82. The van der Waals surface area contributed by atoms with Crippen molar-refractivity contribution in [2.75, 3.05) is 19.7 Å². The minimum absolute atomic E-state index is 0.0795. The molecule has 1 saturated heterocycles. The summed E-state index contributed by atoms with van der Waals surface area (Å²) in [6.07, 6.45) is 7.81. The van der Waals surface area contributed by atoms with Gasteiger partial charge in [-0.25, -0.2) is 0 Å². The van der Waals surface area contributed by atoms with Crippen molar-refractivity contribution in [2.45, 2.75) is 63.3 Å². The van der Waals surface area contributed by atoms with Gasteiger partial charge in [-0.05, 0) is 68.3 Å². The average molecular weight is 343 g/mol. The number of hydrogen-bond acceptors (Lipinski definition) is 4. The Hall–Kier alpha value is -1.55. The van der Waals surface area contributed by atoms with Crippen LogP contribution in [0.1, 0.15) is 56.6 Å². The lowest BCUT2D eigenvalue weighted by molar-refractivity contribution is -0.144. The number of carbonyl (C=O) groups is 1. The van der Waals surface area contributed by atoms with Crippen LogP contribution in [0, 0.1) is 5.92 Å². The lowest BCUT2D eigenvalue weighted by atomic mass is 9.52. The zero-order chi connectivity index (χ0) is 17.4. The van der Waals surface area contributed by atoms with Gasteiger partial charge in [-0.3, -0.25) is 9.69 Å². The third kappa shape index (κ3) is 2.84. The predicted octanol–water partition coefficient (Wildman–Crippen LogP) is 3.40. The SMILES string of the molecule is CCOC(=O)CCN1CC[C@]23CCCC[C@H]2[C@@H]1Cc1ccc(O)cc13. The molecule has 1 aromatic rings. The zero-order valence-corrected chi connectivity index (χ0v) is 15.2. The van der Waals surface area contributed by atoms with Gasteiger partial charge in [0.1, 0.15) is 5.75 Å². The van der Waals surface area contributed by atoms with Crippen LogP contribution < -0.4 is 0 Å². The lowest BCUT2D eigenvalue weighted by Gasteiger charge is -2.59. The van der Waals surface area contributed by atoms with Crippen LogP contribution in [0.3, 0.4) is 0 Å². The quantitative estimate of drug-likeness (QED) is 0.851. The van der Waals surface area contributed by atoms with Crippen LogP contribution in [0.5, 0.6) is 5.75 Å². The number of likely N-dealkylation sites (tertiary alicyclic amines) is 1. The Kier molecular flexibility index (Phi) is 4.48. The number of hydrogen-bond donors (Lipinski definition) is 1. The number of phenolic OH excluding ortho intramolecular Hbond substituents is 1. The summed E-state index contributed by atoms with van der Waals surface area (Å²) >= 11 is 0. The summed E-state index contributed by atoms with van der Waals surface area (Å²) in [7, 11) is 0. The Balaban J connectivity index is 1.61. The van der Waals surface area contributed by atoms with Crippen LogP contribution in [-0.2, 0) is 21.4 Å². The van der Waals surface area contributed by atoms with Crippen molar-refractivity contribution in [1.82, 2.24) is 4.90 Å². The number of piperidine rings is 1. The third-order valence-electron chi connectivity index (χ3n) is 6.84. The second-order valence-electron chi connectivity index (χ2n) is 7.96. The zero-order valence-electron chi connectivity index (χ0n) is 15.2. The highest BCUT2D eigenvalue weighted by molar-refractivity contribution is 5.69. The number of aromatic hydroxyl groups is 1. The standard InChI is InChI=1S/C21H29NO3/c1-2-25-20(24)8-11-22-12-10-21-9-4-3-5-17(21)19(22)13-15-6-7-16(23)14-18(15)21/h6-7,14,17,19,23H,2-5,8-13H2,1H3/t17-,19-,21+/m0/s1. The molecule has 0 radical (unpaired) electrons. The lowest BCUT2D eigenvalue weighted by Crippen LogP contribution is -2.61. The van der Waals surface area contributed by atoms with Crippen LogP contribution in [0.25, 0.3) is 0 Å². The first-order valence-electron chi connectivity index (χ1n) is 9.86. The van der Waals surface area contributed by atoms with Gasteiger partial charge in [0.05, 0.1) is 13.0 Å². The van der Waals surface area contributed by atoms with Crippen molar-refractivity contribution >= 4 is 5.97 Å². The number of ether oxygens (including phenoxy) is 1. The molecule has 1 saturated carbocycles. The Morgan fingerprint density at radius 1 is 1.36 bits per heavy atom. The summed E-state index contributed by atoms with van der Waals surface area (Å²) in [6.45, 7) is 4.19. The van der Waals surface area contributed by atoms with E-state index in [1.54, 1.807) is 0 Å². The minimum Gasteiger partial charge on any atom is -0.508 e. The first-order chi connectivity index (χ1) is 12.1. The average Bonchev–Trinajstić information content (AvgIpc) is 2.62. The maximum Gasteiger partial charge on any atom is 0.307 e. The smallest absolute Gasteiger partial charge is 0.307 e. The van der Waals surface area contributed by atoms with E-state index in [0.717, 1.165) is 25.9 Å². The molecule has 1 aromatic carbocycles. The summed E-state index contributed by atoms with van der Waals surface area (Å²) in [5.41, 5.74) is 3.07. The summed E-state index contributed by atoms with van der Waals surface area (Å²) in [4.78, 5) is 14.3. The summed E-state index contributed by atoms with van der Waals surface area (Å²) in [5, 5.41) is 10.1. The van der Waals surface area contributed by atoms with Crippen LogP contribution in [0.15, 0.2) is 18.2 Å². The highest BCUT2D eigenvalue weighted by atomic mass is 16.5. The molecule has 1 aliphatic heterocycles. The van der Waals surface area contributed by atoms with Crippen LogP contribution in [-0.4, -0.2) is 41.7 Å². The van der Waals surface area contributed by atoms with Gasteiger partial charge in [-0.15, -0.1) is 0 Å². The topological polar surface area (TPSA) is 49.8 Å². The molecule has 2 fully saturated rings. The Morgan fingerprint density at radius 2 is 2.24 bits per heavy atom. The normalized spacial score (nSPS) is 31.1. The molecule has 2 bridgehead atoms. The third-order valence-corrected chi connectivity index (χ3v) is 6.84. The number of phenols is 1. The molecule has 0 amide bonds. The number of carbonyl (C=O) groups excluding carboxylic acids is 1. The van der Waals surface area contributed by atoms with Crippen LogP contribution in [0.4, 0.5) is 0 Å². The molecule has 4 nitrogen and oxygen atoms in total. The molecule has 25 heavy (non-hydrogen) atoms. The van der Waals surface area contributed by atoms with Crippen molar-refractivity contribution in [2.24, 2.45) is 5.92 Å². The van der Waals surface area contributed by atoms with Crippen molar-refractivity contribution < 1.29 is 14.6 Å². The van der Waals surface area contributed by atoms with E-state index in [0.29, 0.717) is 30.7 Å². The van der Waals surface area contributed by atoms with E-state index in [2.05, 4.69) is 11.0 Å². The number of esters is 1. The highest BCUT2D eigenvalue weighted by Crippen LogP contribution is 2.56. The molecule has 0 spiro atoms. The van der Waals surface area contributed by atoms with E-state index in [1.807, 2.05) is 19.1 Å². The van der Waals surface area contributed by atoms with Crippen molar-refractivity contribution in [1.29, 1.82) is 0 Å². The van der Waals surface area contributed by atoms with Gasteiger partial charge < -0.3 is 9.84 Å². The molecular weight excluding hydrogens is 314 g/mol. The first-order valence-corrected chi connectivity index (χ1v) is 9.86. The van der Waals surface area contributed by atoms with E-state index in [-0.39, 0.29) is 11.4 Å². The van der Waals surface area contributed by atoms with Crippen LogP contribution in [0.2, 0.25) is 0 Å². The summed E-state index contributed by atoms with van der Waals surface area (Å²) < 4.78 is 5.12. The minimum atomic E-state index is -0.0795. The van der Waals surface area contributed by atoms with Gasteiger partial charge >= 0.3 is 5.97 Å². The molecule has 1 N–H and O–H groups in total. The predicted molar refractivity (Wildman–Crippen MR) is 96.7 cm³/mol. The first kappa shape index (κ1) is 16.9. The fourth-order valence-electron chi connectivity index (χ4n) is 5.82. The molecule has 2 aliphatic carbocycles. The monoisotopic (exact) mass is 343 g/mol. The van der Waals surface area contributed by atoms with Crippen molar-refractivity contribution in [3.8, 4) is 5.75 Å². The van der Waals surface area contributed by atoms with Gasteiger partial charge in [-0.1, -0.05) is 18.9 Å². The van der Waals surface area contributed by atoms with Gasteiger partial charge in [0.25, 0.3) is 0 Å². The molecule has 4 rings (SSSR count).